The summed E-state index contributed by atoms with van der Waals surface area (Å²) in [6.07, 6.45) is 3.40. The standard InChI is InChI=1S/C19H24N2O3S2/c1-14-6-8-16(9-7-14)5-4-12-20-26(23,24)17-10-11-19(25-3)18(13-17)21-15(2)22/h6-11,13,20H,4-5,12H2,1-3H3,(H,21,22). The molecule has 0 atom stereocenters. The molecule has 1 amide bonds. The third-order valence-corrected chi connectivity index (χ3v) is 6.10. The highest BCUT2D eigenvalue weighted by Gasteiger charge is 2.16. The molecule has 0 aromatic heterocycles. The summed E-state index contributed by atoms with van der Waals surface area (Å²) in [5.41, 5.74) is 2.90. The van der Waals surface area contributed by atoms with Crippen LogP contribution < -0.4 is 10.0 Å². The summed E-state index contributed by atoms with van der Waals surface area (Å²) in [5.74, 6) is -0.235. The molecule has 2 aromatic carbocycles. The maximum absolute atomic E-state index is 12.5. The Hall–Kier alpha value is -1.83. The number of amides is 1. The van der Waals surface area contributed by atoms with E-state index in [0.29, 0.717) is 18.7 Å². The van der Waals surface area contributed by atoms with Crippen LogP contribution in [0.5, 0.6) is 0 Å². The number of sulfonamides is 1. The molecule has 26 heavy (non-hydrogen) atoms. The Morgan fingerprint density at radius 3 is 2.42 bits per heavy atom. The predicted molar refractivity (Wildman–Crippen MR) is 107 cm³/mol. The van der Waals surface area contributed by atoms with Gasteiger partial charge in [-0.15, -0.1) is 11.8 Å². The fourth-order valence-electron chi connectivity index (χ4n) is 2.48. The maximum Gasteiger partial charge on any atom is 0.240 e. The van der Waals surface area contributed by atoms with E-state index in [-0.39, 0.29) is 10.8 Å². The third-order valence-electron chi connectivity index (χ3n) is 3.85. The zero-order chi connectivity index (χ0) is 19.2. The average molecular weight is 393 g/mol. The molecule has 140 valence electrons. The molecule has 5 nitrogen and oxygen atoms in total. The fraction of sp³-hybridized carbons (Fsp3) is 0.316. The number of hydrogen-bond acceptors (Lipinski definition) is 4. The van der Waals surface area contributed by atoms with Gasteiger partial charge < -0.3 is 5.32 Å². The molecule has 0 unspecified atom stereocenters. The van der Waals surface area contributed by atoms with E-state index in [9.17, 15) is 13.2 Å². The summed E-state index contributed by atoms with van der Waals surface area (Å²) in [4.78, 5) is 12.3. The van der Waals surface area contributed by atoms with Crippen molar-refractivity contribution in [3.8, 4) is 0 Å². The summed E-state index contributed by atoms with van der Waals surface area (Å²) in [6, 6.07) is 13.0. The van der Waals surface area contributed by atoms with Gasteiger partial charge in [-0.05, 0) is 49.8 Å². The van der Waals surface area contributed by atoms with Crippen LogP contribution in [0.4, 0.5) is 5.69 Å². The van der Waals surface area contributed by atoms with E-state index in [1.807, 2.05) is 13.2 Å². The topological polar surface area (TPSA) is 75.3 Å². The molecule has 0 spiro atoms. The van der Waals surface area contributed by atoms with Crippen LogP contribution >= 0.6 is 11.8 Å². The molecular weight excluding hydrogens is 368 g/mol. The van der Waals surface area contributed by atoms with Crippen molar-refractivity contribution in [1.82, 2.24) is 4.72 Å². The first-order valence-corrected chi connectivity index (χ1v) is 11.0. The second-order valence-corrected chi connectivity index (χ2v) is 8.65. The van der Waals surface area contributed by atoms with Crippen LogP contribution in [0.25, 0.3) is 0 Å². The Morgan fingerprint density at radius 1 is 1.12 bits per heavy atom. The number of anilines is 1. The Labute approximate surface area is 159 Å². The molecule has 2 N–H and O–H groups in total. The van der Waals surface area contributed by atoms with Crippen molar-refractivity contribution < 1.29 is 13.2 Å². The van der Waals surface area contributed by atoms with E-state index < -0.39 is 10.0 Å². The molecule has 2 aromatic rings. The Balaban J connectivity index is 2.00. The van der Waals surface area contributed by atoms with E-state index in [1.165, 1.54) is 35.9 Å². The number of nitrogens with one attached hydrogen (secondary N) is 2. The SMILES string of the molecule is CSc1ccc(S(=O)(=O)NCCCc2ccc(C)cc2)cc1NC(C)=O. The maximum atomic E-state index is 12.5. The highest BCUT2D eigenvalue weighted by atomic mass is 32.2. The van der Waals surface area contributed by atoms with Crippen molar-refractivity contribution >= 4 is 33.4 Å². The molecule has 0 bridgehead atoms. The van der Waals surface area contributed by atoms with Gasteiger partial charge in [0.05, 0.1) is 10.6 Å². The van der Waals surface area contributed by atoms with Crippen molar-refractivity contribution in [1.29, 1.82) is 0 Å². The van der Waals surface area contributed by atoms with Crippen molar-refractivity contribution in [3.63, 3.8) is 0 Å². The molecule has 2 rings (SSSR count). The molecule has 0 radical (unpaired) electrons. The highest BCUT2D eigenvalue weighted by molar-refractivity contribution is 7.98. The van der Waals surface area contributed by atoms with Crippen molar-refractivity contribution in [3.05, 3.63) is 53.6 Å². The third kappa shape index (κ3) is 5.86. The Kier molecular flexibility index (Phi) is 7.25. The molecule has 0 aliphatic carbocycles. The van der Waals surface area contributed by atoms with Gasteiger partial charge in [-0.3, -0.25) is 4.79 Å². The van der Waals surface area contributed by atoms with Gasteiger partial charge in [0.1, 0.15) is 0 Å². The van der Waals surface area contributed by atoms with Crippen LogP contribution in [-0.2, 0) is 21.2 Å². The lowest BCUT2D eigenvalue weighted by Crippen LogP contribution is -2.25. The summed E-state index contributed by atoms with van der Waals surface area (Å²) < 4.78 is 27.6. The average Bonchev–Trinajstić information content (AvgIpc) is 2.59. The van der Waals surface area contributed by atoms with Gasteiger partial charge in [-0.25, -0.2) is 13.1 Å². The van der Waals surface area contributed by atoms with Gasteiger partial charge in [0, 0.05) is 18.4 Å². The zero-order valence-corrected chi connectivity index (χ0v) is 16.8. The molecule has 0 aliphatic heterocycles. The van der Waals surface area contributed by atoms with Crippen LogP contribution in [0.1, 0.15) is 24.5 Å². The number of carbonyl (C=O) groups is 1. The van der Waals surface area contributed by atoms with Gasteiger partial charge in [-0.1, -0.05) is 29.8 Å². The van der Waals surface area contributed by atoms with Crippen molar-refractivity contribution in [2.75, 3.05) is 18.1 Å². The molecule has 0 saturated heterocycles. The number of thioether (sulfide) groups is 1. The van der Waals surface area contributed by atoms with Crippen LogP contribution in [0.15, 0.2) is 52.3 Å². The number of rotatable bonds is 8. The van der Waals surface area contributed by atoms with Gasteiger partial charge in [0.15, 0.2) is 0 Å². The van der Waals surface area contributed by atoms with Crippen molar-refractivity contribution in [2.24, 2.45) is 0 Å². The van der Waals surface area contributed by atoms with Gasteiger partial charge in [-0.2, -0.15) is 0 Å². The minimum absolute atomic E-state index is 0.148. The quantitative estimate of drug-likeness (QED) is 0.532. The van der Waals surface area contributed by atoms with Gasteiger partial charge in [0.2, 0.25) is 15.9 Å². The lowest BCUT2D eigenvalue weighted by molar-refractivity contribution is -0.114. The Bertz CT molecular complexity index is 863. The van der Waals surface area contributed by atoms with E-state index >= 15 is 0 Å². The molecule has 0 aliphatic rings. The normalized spacial score (nSPS) is 11.3. The lowest BCUT2D eigenvalue weighted by Gasteiger charge is -2.12. The van der Waals surface area contributed by atoms with Crippen LogP contribution in [0, 0.1) is 6.92 Å². The monoisotopic (exact) mass is 392 g/mol. The lowest BCUT2D eigenvalue weighted by atomic mass is 10.1. The fourth-order valence-corrected chi connectivity index (χ4v) is 4.11. The molecule has 0 saturated carbocycles. The first-order chi connectivity index (χ1) is 12.3. The minimum atomic E-state index is -3.62. The summed E-state index contributed by atoms with van der Waals surface area (Å²) in [5, 5.41) is 2.68. The number of benzene rings is 2. The van der Waals surface area contributed by atoms with E-state index in [2.05, 4.69) is 34.3 Å². The molecule has 0 heterocycles. The minimum Gasteiger partial charge on any atom is -0.325 e. The second-order valence-electron chi connectivity index (χ2n) is 6.03. The first-order valence-electron chi connectivity index (χ1n) is 8.32. The van der Waals surface area contributed by atoms with Crippen molar-refractivity contribution in [2.45, 2.75) is 36.5 Å². The predicted octanol–water partition coefficient (Wildman–Crippen LogP) is 3.59. The van der Waals surface area contributed by atoms with Crippen LogP contribution in [0.3, 0.4) is 0 Å². The molecule has 7 heteroatoms. The number of carbonyl (C=O) groups excluding carboxylic acids is 1. The smallest absolute Gasteiger partial charge is 0.240 e. The Morgan fingerprint density at radius 2 is 1.81 bits per heavy atom. The summed E-state index contributed by atoms with van der Waals surface area (Å²) in [6.45, 7) is 3.79. The largest absolute Gasteiger partial charge is 0.325 e. The van der Waals surface area contributed by atoms with E-state index in [0.717, 1.165) is 11.3 Å². The first kappa shape index (κ1) is 20.5. The van der Waals surface area contributed by atoms with Crippen LogP contribution in [-0.4, -0.2) is 27.1 Å². The van der Waals surface area contributed by atoms with Crippen LogP contribution in [0.2, 0.25) is 0 Å². The molecular formula is C19H24N2O3S2. The molecule has 0 fully saturated rings. The second kappa shape index (κ2) is 9.21. The van der Waals surface area contributed by atoms with Gasteiger partial charge in [0.25, 0.3) is 0 Å². The summed E-state index contributed by atoms with van der Waals surface area (Å²) in [7, 11) is -3.62. The number of aryl methyl sites for hydroxylation is 2. The zero-order valence-electron chi connectivity index (χ0n) is 15.2. The number of hydrogen-bond donors (Lipinski definition) is 2. The summed E-state index contributed by atoms with van der Waals surface area (Å²) >= 11 is 1.45. The highest BCUT2D eigenvalue weighted by Crippen LogP contribution is 2.28. The van der Waals surface area contributed by atoms with E-state index in [4.69, 9.17) is 0 Å². The van der Waals surface area contributed by atoms with E-state index in [1.54, 1.807) is 12.1 Å². The van der Waals surface area contributed by atoms with Gasteiger partial charge >= 0.3 is 0 Å².